The van der Waals surface area contributed by atoms with Crippen molar-refractivity contribution in [2.24, 2.45) is 5.92 Å². The van der Waals surface area contributed by atoms with Crippen molar-refractivity contribution < 1.29 is 32.5 Å². The van der Waals surface area contributed by atoms with Crippen LogP contribution in [0.3, 0.4) is 0 Å². The van der Waals surface area contributed by atoms with Crippen LogP contribution in [0.5, 0.6) is 23.0 Å². The average Bonchev–Trinajstić information content (AvgIpc) is 2.86. The quantitative estimate of drug-likeness (QED) is 0.299. The van der Waals surface area contributed by atoms with Gasteiger partial charge in [-0.3, -0.25) is 4.90 Å². The summed E-state index contributed by atoms with van der Waals surface area (Å²) in [7, 11) is -2.30. The predicted octanol–water partition coefficient (Wildman–Crippen LogP) is 6.02. The van der Waals surface area contributed by atoms with Gasteiger partial charge >= 0.3 is 6.09 Å². The van der Waals surface area contributed by atoms with Crippen molar-refractivity contribution in [3.63, 3.8) is 0 Å². The number of aromatic hydroxyl groups is 1. The van der Waals surface area contributed by atoms with Gasteiger partial charge in [-0.25, -0.2) is 17.5 Å². The number of hydrogen-bond acceptors (Lipinski definition) is 7. The number of sulfonamides is 1. The van der Waals surface area contributed by atoms with Crippen LogP contribution in [0.15, 0.2) is 42.5 Å². The number of phenols is 1. The number of carbonyl (C=O) groups excluding carboxylic acids is 1. The van der Waals surface area contributed by atoms with Crippen molar-refractivity contribution >= 4 is 16.1 Å². The number of phenolic OH excluding ortho intramolecular Hbond substituents is 1. The first-order valence-electron chi connectivity index (χ1n) is 13.4. The van der Waals surface area contributed by atoms with E-state index in [0.29, 0.717) is 23.5 Å². The van der Waals surface area contributed by atoms with Crippen LogP contribution in [-0.4, -0.2) is 67.0 Å². The van der Waals surface area contributed by atoms with Gasteiger partial charge in [-0.1, -0.05) is 45.4 Å². The van der Waals surface area contributed by atoms with Gasteiger partial charge in [0.15, 0.2) is 11.5 Å². The molecule has 1 unspecified atom stereocenters. The standard InChI is InChI=1S/C29H44N2O7S/c1-8-17-31(39(34,35)21-30(20-22(3)9-2)28(33)38-29(4,5)6)18-16-23-12-10-15-26(27(23)32)37-25-14-11-13-24(19-25)36-7/h10-15,19,22,32H,8-9,16-18,20-21H2,1-7H3. The lowest BCUT2D eigenvalue weighted by Crippen LogP contribution is -2.46. The Kier molecular flexibility index (Phi) is 11.9. The minimum absolute atomic E-state index is 0.0543. The highest BCUT2D eigenvalue weighted by Crippen LogP contribution is 2.35. The summed E-state index contributed by atoms with van der Waals surface area (Å²) in [4.78, 5) is 14.2. The van der Waals surface area contributed by atoms with Gasteiger partial charge in [-0.15, -0.1) is 0 Å². The number of methoxy groups -OCH3 is 1. The van der Waals surface area contributed by atoms with E-state index in [1.165, 1.54) is 9.21 Å². The molecule has 0 radical (unpaired) electrons. The maximum absolute atomic E-state index is 13.5. The summed E-state index contributed by atoms with van der Waals surface area (Å²) < 4.78 is 45.0. The number of para-hydroxylation sites is 1. The fourth-order valence-electron chi connectivity index (χ4n) is 3.82. The molecule has 0 heterocycles. The van der Waals surface area contributed by atoms with Crippen molar-refractivity contribution in [1.29, 1.82) is 0 Å². The lowest BCUT2D eigenvalue weighted by atomic mass is 10.1. The van der Waals surface area contributed by atoms with Gasteiger partial charge in [-0.05, 0) is 63.3 Å². The molecular formula is C29H44N2O7S. The third-order valence-electron chi connectivity index (χ3n) is 6.05. The SMILES string of the molecule is CCCN(CCc1cccc(Oc2cccc(OC)c2)c1O)S(=O)(=O)CN(CC(C)CC)C(=O)OC(C)(C)C. The molecule has 2 rings (SSSR count). The molecule has 39 heavy (non-hydrogen) atoms. The molecule has 0 aliphatic carbocycles. The van der Waals surface area contributed by atoms with Crippen molar-refractivity contribution in [2.75, 3.05) is 32.6 Å². The minimum atomic E-state index is -3.86. The van der Waals surface area contributed by atoms with Crippen molar-refractivity contribution in [3.05, 3.63) is 48.0 Å². The number of nitrogens with zero attached hydrogens (tertiary/aromatic N) is 2. The van der Waals surface area contributed by atoms with E-state index in [-0.39, 0.29) is 43.5 Å². The lowest BCUT2D eigenvalue weighted by Gasteiger charge is -2.31. The molecule has 10 heteroatoms. The third-order valence-corrected chi connectivity index (χ3v) is 7.84. The Morgan fingerprint density at radius 3 is 2.33 bits per heavy atom. The van der Waals surface area contributed by atoms with E-state index in [9.17, 15) is 18.3 Å². The van der Waals surface area contributed by atoms with Crippen molar-refractivity contribution in [3.8, 4) is 23.0 Å². The molecule has 0 saturated carbocycles. The van der Waals surface area contributed by atoms with E-state index in [1.54, 1.807) is 70.3 Å². The van der Waals surface area contributed by atoms with Crippen LogP contribution < -0.4 is 9.47 Å². The van der Waals surface area contributed by atoms with E-state index in [0.717, 1.165) is 6.42 Å². The Morgan fingerprint density at radius 1 is 1.05 bits per heavy atom. The molecule has 0 aliphatic rings. The molecule has 2 aromatic carbocycles. The van der Waals surface area contributed by atoms with Crippen molar-refractivity contribution in [2.45, 2.75) is 66.4 Å². The third kappa shape index (κ3) is 10.3. The van der Waals surface area contributed by atoms with Crippen molar-refractivity contribution in [1.82, 2.24) is 9.21 Å². The molecule has 0 bridgehead atoms. The van der Waals surface area contributed by atoms with Crippen LogP contribution >= 0.6 is 0 Å². The van der Waals surface area contributed by atoms with E-state index >= 15 is 0 Å². The zero-order valence-electron chi connectivity index (χ0n) is 24.3. The summed E-state index contributed by atoms with van der Waals surface area (Å²) in [6.07, 6.45) is 1.01. The molecule has 218 valence electrons. The van der Waals surface area contributed by atoms with Crippen LogP contribution in [0.1, 0.15) is 59.9 Å². The molecule has 9 nitrogen and oxygen atoms in total. The number of carbonyl (C=O) groups is 1. The maximum atomic E-state index is 13.5. The molecule has 0 spiro atoms. The fourth-order valence-corrected chi connectivity index (χ4v) is 5.42. The molecule has 0 aromatic heterocycles. The molecular weight excluding hydrogens is 520 g/mol. The fraction of sp³-hybridized carbons (Fsp3) is 0.552. The number of benzene rings is 2. The van der Waals surface area contributed by atoms with E-state index in [2.05, 4.69) is 0 Å². The summed E-state index contributed by atoms with van der Waals surface area (Å²) in [5, 5.41) is 10.9. The Morgan fingerprint density at radius 2 is 1.72 bits per heavy atom. The summed E-state index contributed by atoms with van der Waals surface area (Å²) in [5.74, 6) is 0.961. The van der Waals surface area contributed by atoms with Gasteiger partial charge < -0.3 is 19.3 Å². The second-order valence-corrected chi connectivity index (χ2v) is 12.6. The van der Waals surface area contributed by atoms with Gasteiger partial charge in [0.05, 0.1) is 7.11 Å². The van der Waals surface area contributed by atoms with Crippen LogP contribution in [0.25, 0.3) is 0 Å². The van der Waals surface area contributed by atoms with E-state index in [4.69, 9.17) is 14.2 Å². The molecule has 2 aromatic rings. The highest BCUT2D eigenvalue weighted by Gasteiger charge is 2.31. The number of hydrogen-bond donors (Lipinski definition) is 1. The summed E-state index contributed by atoms with van der Waals surface area (Å²) in [6.45, 7) is 11.8. The molecule has 0 aliphatic heterocycles. The number of rotatable bonds is 14. The zero-order valence-corrected chi connectivity index (χ0v) is 25.1. The highest BCUT2D eigenvalue weighted by atomic mass is 32.2. The minimum Gasteiger partial charge on any atom is -0.504 e. The maximum Gasteiger partial charge on any atom is 0.411 e. The first-order valence-corrected chi connectivity index (χ1v) is 15.0. The topological polar surface area (TPSA) is 106 Å². The van der Waals surface area contributed by atoms with Crippen LogP contribution in [0.4, 0.5) is 4.79 Å². The summed E-state index contributed by atoms with van der Waals surface area (Å²) in [6, 6.07) is 12.2. The Labute approximate surface area is 233 Å². The zero-order chi connectivity index (χ0) is 29.2. The van der Waals surface area contributed by atoms with Crippen LogP contribution in [0.2, 0.25) is 0 Å². The Balaban J connectivity index is 2.21. The van der Waals surface area contributed by atoms with Crippen LogP contribution in [0, 0.1) is 5.92 Å². The molecule has 1 N–H and O–H groups in total. The van der Waals surface area contributed by atoms with Gasteiger partial charge in [-0.2, -0.15) is 0 Å². The first kappa shape index (κ1) is 32.2. The van der Waals surface area contributed by atoms with E-state index < -0.39 is 27.6 Å². The normalized spacial score (nSPS) is 12.7. The second-order valence-electron chi connectivity index (χ2n) is 10.7. The van der Waals surface area contributed by atoms with Crippen LogP contribution in [-0.2, 0) is 21.2 Å². The largest absolute Gasteiger partial charge is 0.504 e. The molecule has 1 amide bonds. The monoisotopic (exact) mass is 564 g/mol. The van der Waals surface area contributed by atoms with Gasteiger partial charge in [0.2, 0.25) is 10.0 Å². The number of ether oxygens (including phenoxy) is 3. The first-order chi connectivity index (χ1) is 18.3. The smallest absolute Gasteiger partial charge is 0.411 e. The molecule has 0 saturated heterocycles. The predicted molar refractivity (Wildman–Crippen MR) is 153 cm³/mol. The summed E-state index contributed by atoms with van der Waals surface area (Å²) in [5.41, 5.74) is -0.192. The Bertz CT molecular complexity index is 1180. The summed E-state index contributed by atoms with van der Waals surface area (Å²) >= 11 is 0. The van der Waals surface area contributed by atoms with Gasteiger partial charge in [0, 0.05) is 25.7 Å². The lowest BCUT2D eigenvalue weighted by molar-refractivity contribution is 0.0256. The molecule has 1 atom stereocenters. The Hall–Kier alpha value is -2.98. The van der Waals surface area contributed by atoms with Gasteiger partial charge in [0.25, 0.3) is 0 Å². The molecule has 0 fully saturated rings. The van der Waals surface area contributed by atoms with E-state index in [1.807, 2.05) is 20.8 Å². The van der Waals surface area contributed by atoms with Gasteiger partial charge in [0.1, 0.15) is 23.0 Å². The second kappa shape index (κ2) is 14.4. The average molecular weight is 565 g/mol. The number of amides is 1. The highest BCUT2D eigenvalue weighted by molar-refractivity contribution is 7.89.